The Hall–Kier alpha value is -2.71. The molecule has 1 fully saturated rings. The molecule has 1 aromatic carbocycles. The minimum Gasteiger partial charge on any atom is -0.356 e. The molecule has 2 heterocycles. The average Bonchev–Trinajstić information content (AvgIpc) is 2.88. The van der Waals surface area contributed by atoms with Gasteiger partial charge < -0.3 is 10.2 Å². The Morgan fingerprint density at radius 2 is 1.81 bits per heavy atom. The van der Waals surface area contributed by atoms with Crippen molar-refractivity contribution in [3.63, 3.8) is 0 Å². The molecule has 1 aliphatic heterocycles. The fourth-order valence-electron chi connectivity index (χ4n) is 3.50. The van der Waals surface area contributed by atoms with Crippen LogP contribution in [0.5, 0.6) is 0 Å². The number of anilines is 2. The number of carbonyl (C=O) groups excluding carboxylic acids is 1. The lowest BCUT2D eigenvalue weighted by molar-refractivity contribution is -0.141. The van der Waals surface area contributed by atoms with Crippen LogP contribution in [0.4, 0.5) is 33.5 Å². The minimum atomic E-state index is -4.72. The van der Waals surface area contributed by atoms with Crippen LogP contribution >= 0.6 is 0 Å². The Morgan fingerprint density at radius 3 is 2.44 bits per heavy atom. The summed E-state index contributed by atoms with van der Waals surface area (Å²) in [6, 6.07) is 7.76. The normalized spacial score (nSPS) is 16.0. The van der Waals surface area contributed by atoms with Crippen LogP contribution in [-0.4, -0.2) is 29.9 Å². The van der Waals surface area contributed by atoms with E-state index in [2.05, 4.69) is 10.3 Å². The number of alkyl halides is 5. The molecule has 0 aliphatic carbocycles. The Balaban J connectivity index is 0.00000177. The number of aryl methyl sites for hydroxylation is 2. The highest BCUT2D eigenvalue weighted by Crippen LogP contribution is 2.35. The van der Waals surface area contributed by atoms with E-state index in [4.69, 9.17) is 0 Å². The zero-order valence-electron chi connectivity index (χ0n) is 18.6. The number of benzene rings is 1. The molecular formula is C23H30F5N3O. The average molecular weight is 460 g/mol. The van der Waals surface area contributed by atoms with E-state index in [-0.39, 0.29) is 44.3 Å². The highest BCUT2D eigenvalue weighted by atomic mass is 19.4. The standard InChI is InChI=1S/C21H22F5N3O.C2H6.H2/c1-13-5-3-6-15(11-13)27-19(30)17-14(2)12-16(21(24,25)26)28-18(17)29-9-4-7-20(22,23)8-10-29;1-2;/h3,5-6,11-12H,4,7-10H2,1-2H3,(H,27,30);1-2H3;1H. The maximum atomic E-state index is 13.8. The number of pyridine rings is 1. The zero-order valence-corrected chi connectivity index (χ0v) is 18.6. The number of hydrogen-bond acceptors (Lipinski definition) is 3. The number of hydrogen-bond donors (Lipinski definition) is 1. The molecule has 1 aliphatic rings. The summed E-state index contributed by atoms with van der Waals surface area (Å²) in [6.45, 7) is 7.13. The van der Waals surface area contributed by atoms with Crippen molar-refractivity contribution in [3.05, 3.63) is 52.7 Å². The lowest BCUT2D eigenvalue weighted by Gasteiger charge is -2.26. The van der Waals surface area contributed by atoms with E-state index < -0.39 is 30.1 Å². The van der Waals surface area contributed by atoms with Crippen molar-refractivity contribution in [2.45, 2.75) is 59.1 Å². The monoisotopic (exact) mass is 459 g/mol. The lowest BCUT2D eigenvalue weighted by Crippen LogP contribution is -2.31. The Bertz CT molecular complexity index is 950. The van der Waals surface area contributed by atoms with Crippen molar-refractivity contribution in [2.75, 3.05) is 23.3 Å². The van der Waals surface area contributed by atoms with Crippen molar-refractivity contribution < 1.29 is 28.2 Å². The van der Waals surface area contributed by atoms with Crippen LogP contribution in [0.2, 0.25) is 0 Å². The van der Waals surface area contributed by atoms with E-state index in [0.717, 1.165) is 11.6 Å². The zero-order chi connectivity index (χ0) is 24.1. The molecule has 32 heavy (non-hydrogen) atoms. The molecule has 4 nitrogen and oxygen atoms in total. The number of rotatable bonds is 3. The fraction of sp³-hybridized carbons (Fsp3) is 0.478. The third-order valence-corrected chi connectivity index (χ3v) is 5.01. The number of nitrogens with one attached hydrogen (secondary N) is 1. The molecule has 0 radical (unpaired) electrons. The van der Waals surface area contributed by atoms with Crippen molar-refractivity contribution in [1.29, 1.82) is 0 Å². The first kappa shape index (κ1) is 25.5. The van der Waals surface area contributed by atoms with Gasteiger partial charge in [-0.25, -0.2) is 13.8 Å². The highest BCUT2D eigenvalue weighted by Gasteiger charge is 2.37. The van der Waals surface area contributed by atoms with Crippen LogP contribution < -0.4 is 10.2 Å². The van der Waals surface area contributed by atoms with Crippen LogP contribution in [-0.2, 0) is 6.18 Å². The fourth-order valence-corrected chi connectivity index (χ4v) is 3.50. The minimum absolute atomic E-state index is 0. The van der Waals surface area contributed by atoms with Crippen molar-refractivity contribution in [3.8, 4) is 0 Å². The second-order valence-corrected chi connectivity index (χ2v) is 7.54. The van der Waals surface area contributed by atoms with E-state index in [9.17, 15) is 26.7 Å². The van der Waals surface area contributed by atoms with Crippen molar-refractivity contribution in [2.24, 2.45) is 0 Å². The smallest absolute Gasteiger partial charge is 0.356 e. The maximum absolute atomic E-state index is 13.8. The van der Waals surface area contributed by atoms with Gasteiger partial charge in [-0.2, -0.15) is 13.2 Å². The highest BCUT2D eigenvalue weighted by molar-refractivity contribution is 6.08. The SMILES string of the molecule is CC.Cc1cccc(NC(=O)c2c(C)cc(C(F)(F)F)nc2N2CCCC(F)(F)CC2)c1.[HH]. The number of nitrogens with zero attached hydrogens (tertiary/aromatic N) is 2. The largest absolute Gasteiger partial charge is 0.433 e. The second-order valence-electron chi connectivity index (χ2n) is 7.54. The van der Waals surface area contributed by atoms with E-state index >= 15 is 0 Å². The summed E-state index contributed by atoms with van der Waals surface area (Å²) in [5, 5.41) is 2.67. The molecule has 178 valence electrons. The van der Waals surface area contributed by atoms with E-state index in [0.29, 0.717) is 5.69 Å². The van der Waals surface area contributed by atoms with Crippen molar-refractivity contribution >= 4 is 17.4 Å². The molecule has 1 N–H and O–H groups in total. The number of aromatic nitrogens is 1. The van der Waals surface area contributed by atoms with Gasteiger partial charge in [-0.1, -0.05) is 26.0 Å². The van der Waals surface area contributed by atoms with Crippen LogP contribution in [0.25, 0.3) is 0 Å². The van der Waals surface area contributed by atoms with Gasteiger partial charge in [-0.3, -0.25) is 4.79 Å². The van der Waals surface area contributed by atoms with Gasteiger partial charge in [0.1, 0.15) is 11.5 Å². The Kier molecular flexibility index (Phi) is 8.20. The van der Waals surface area contributed by atoms with Crippen LogP contribution in [0.3, 0.4) is 0 Å². The van der Waals surface area contributed by atoms with Gasteiger partial charge in [0.15, 0.2) is 0 Å². The molecule has 0 atom stereocenters. The summed E-state index contributed by atoms with van der Waals surface area (Å²) in [5.74, 6) is -3.74. The molecule has 9 heteroatoms. The van der Waals surface area contributed by atoms with Crippen LogP contribution in [0, 0.1) is 13.8 Å². The molecular weight excluding hydrogens is 429 g/mol. The molecule has 1 amide bonds. The first-order valence-corrected chi connectivity index (χ1v) is 10.6. The molecule has 2 aromatic rings. The van der Waals surface area contributed by atoms with Gasteiger partial charge in [0, 0.05) is 33.0 Å². The topological polar surface area (TPSA) is 45.2 Å². The molecule has 1 saturated heterocycles. The number of amides is 1. The summed E-state index contributed by atoms with van der Waals surface area (Å²) < 4.78 is 67.6. The third kappa shape index (κ3) is 6.40. The number of halogens is 5. The Labute approximate surface area is 186 Å². The second kappa shape index (κ2) is 10.3. The van der Waals surface area contributed by atoms with E-state index in [1.807, 2.05) is 26.8 Å². The summed E-state index contributed by atoms with van der Waals surface area (Å²) in [4.78, 5) is 18.0. The van der Waals surface area contributed by atoms with Gasteiger partial charge in [0.05, 0.1) is 5.56 Å². The molecule has 0 saturated carbocycles. The molecule has 0 bridgehead atoms. The molecule has 3 rings (SSSR count). The van der Waals surface area contributed by atoms with Gasteiger partial charge >= 0.3 is 6.18 Å². The quantitative estimate of drug-likeness (QED) is 0.510. The summed E-state index contributed by atoms with van der Waals surface area (Å²) in [7, 11) is 0. The third-order valence-electron chi connectivity index (χ3n) is 5.01. The van der Waals surface area contributed by atoms with E-state index in [1.54, 1.807) is 18.2 Å². The summed E-state index contributed by atoms with van der Waals surface area (Å²) in [6.07, 6.45) is -5.50. The summed E-state index contributed by atoms with van der Waals surface area (Å²) >= 11 is 0. The predicted molar refractivity (Wildman–Crippen MR) is 118 cm³/mol. The van der Waals surface area contributed by atoms with Gasteiger partial charge in [0.25, 0.3) is 5.91 Å². The molecule has 0 unspecified atom stereocenters. The van der Waals surface area contributed by atoms with Gasteiger partial charge in [0.2, 0.25) is 5.92 Å². The van der Waals surface area contributed by atoms with Crippen LogP contribution in [0.1, 0.15) is 61.7 Å². The number of carbonyl (C=O) groups is 1. The molecule has 1 aromatic heterocycles. The van der Waals surface area contributed by atoms with Crippen molar-refractivity contribution in [1.82, 2.24) is 4.98 Å². The van der Waals surface area contributed by atoms with Gasteiger partial charge in [-0.15, -0.1) is 0 Å². The Morgan fingerprint density at radius 1 is 1.12 bits per heavy atom. The first-order chi connectivity index (χ1) is 15.0. The van der Waals surface area contributed by atoms with Crippen LogP contribution in [0.15, 0.2) is 30.3 Å². The maximum Gasteiger partial charge on any atom is 0.433 e. The van der Waals surface area contributed by atoms with Gasteiger partial charge in [-0.05, 0) is 49.6 Å². The van der Waals surface area contributed by atoms with E-state index in [1.165, 1.54) is 11.8 Å². The predicted octanol–water partition coefficient (Wildman–Crippen LogP) is 6.87. The summed E-state index contributed by atoms with van der Waals surface area (Å²) in [5.41, 5.74) is 0.249. The molecule has 0 spiro atoms. The lowest BCUT2D eigenvalue weighted by atomic mass is 10.1. The first-order valence-electron chi connectivity index (χ1n) is 10.6.